The van der Waals surface area contributed by atoms with Crippen molar-refractivity contribution >= 4 is 15.9 Å². The first-order chi connectivity index (χ1) is 8.87. The summed E-state index contributed by atoms with van der Waals surface area (Å²) in [5, 5.41) is 3.83. The Morgan fingerprint density at radius 1 is 1.37 bits per heavy atom. The third kappa shape index (κ3) is 4.06. The largest absolute Gasteiger partial charge is 0.307 e. The summed E-state index contributed by atoms with van der Waals surface area (Å²) in [6, 6.07) is 9.70. The van der Waals surface area contributed by atoms with Gasteiger partial charge in [0.05, 0.1) is 0 Å². The second-order valence-corrected chi connectivity index (χ2v) is 7.85. The Kier molecular flexibility index (Phi) is 4.73. The van der Waals surface area contributed by atoms with E-state index in [1.54, 1.807) is 0 Å². The van der Waals surface area contributed by atoms with Crippen LogP contribution in [0, 0.1) is 11.3 Å². The smallest absolute Gasteiger partial charge is 0.0294 e. The van der Waals surface area contributed by atoms with Crippen LogP contribution in [-0.4, -0.2) is 6.04 Å². The molecule has 0 aromatic heterocycles. The van der Waals surface area contributed by atoms with Gasteiger partial charge in [-0.05, 0) is 55.2 Å². The van der Waals surface area contributed by atoms with Crippen molar-refractivity contribution in [3.63, 3.8) is 0 Å². The minimum atomic E-state index is 0.422. The number of hydrogen-bond donors (Lipinski definition) is 1. The Hall–Kier alpha value is -0.340. The maximum atomic E-state index is 3.83. The highest BCUT2D eigenvalue weighted by Crippen LogP contribution is 2.39. The van der Waals surface area contributed by atoms with E-state index >= 15 is 0 Å². The Morgan fingerprint density at radius 3 is 2.74 bits per heavy atom. The third-order valence-corrected chi connectivity index (χ3v) is 5.00. The molecular weight excluding hydrogens is 298 g/mol. The second-order valence-electron chi connectivity index (χ2n) is 6.93. The lowest BCUT2D eigenvalue weighted by molar-refractivity contribution is 0.143. The van der Waals surface area contributed by atoms with Gasteiger partial charge in [-0.2, -0.15) is 0 Å². The molecule has 1 fully saturated rings. The predicted molar refractivity (Wildman–Crippen MR) is 86.3 cm³/mol. The molecule has 0 saturated heterocycles. The topological polar surface area (TPSA) is 12.0 Å². The predicted octanol–water partition coefficient (Wildman–Crippen LogP) is 5.31. The van der Waals surface area contributed by atoms with E-state index in [1.165, 1.54) is 24.8 Å². The number of hydrogen-bond acceptors (Lipinski definition) is 1. The van der Waals surface area contributed by atoms with E-state index in [0.717, 1.165) is 10.4 Å². The molecule has 0 radical (unpaired) electrons. The summed E-state index contributed by atoms with van der Waals surface area (Å²) in [6.45, 7) is 9.47. The van der Waals surface area contributed by atoms with Gasteiger partial charge >= 0.3 is 0 Å². The highest BCUT2D eigenvalue weighted by Gasteiger charge is 2.32. The molecule has 1 N–H and O–H groups in total. The molecule has 1 aromatic carbocycles. The molecule has 1 saturated carbocycles. The molecule has 2 rings (SSSR count). The van der Waals surface area contributed by atoms with Crippen molar-refractivity contribution in [2.24, 2.45) is 11.3 Å². The molecule has 0 amide bonds. The lowest BCUT2D eigenvalue weighted by atomic mass is 9.70. The molecule has 106 valence electrons. The molecule has 0 heterocycles. The van der Waals surface area contributed by atoms with Crippen molar-refractivity contribution in [2.45, 2.75) is 59.0 Å². The quantitative estimate of drug-likeness (QED) is 0.794. The summed E-state index contributed by atoms with van der Waals surface area (Å²) in [5.41, 5.74) is 1.89. The Labute approximate surface area is 126 Å². The third-order valence-electron chi connectivity index (χ3n) is 4.51. The summed E-state index contributed by atoms with van der Waals surface area (Å²) in [5.74, 6) is 0.762. The number of benzene rings is 1. The van der Waals surface area contributed by atoms with E-state index in [4.69, 9.17) is 0 Å². The van der Waals surface area contributed by atoms with Crippen LogP contribution in [0.25, 0.3) is 0 Å². The molecule has 0 bridgehead atoms. The number of rotatable bonds is 3. The fourth-order valence-corrected chi connectivity index (χ4v) is 3.80. The van der Waals surface area contributed by atoms with E-state index in [-0.39, 0.29) is 0 Å². The normalized spacial score (nSPS) is 28.1. The van der Waals surface area contributed by atoms with Crippen LogP contribution in [0.3, 0.4) is 0 Å². The van der Waals surface area contributed by atoms with Gasteiger partial charge in [-0.1, -0.05) is 48.8 Å². The summed E-state index contributed by atoms with van der Waals surface area (Å²) in [7, 11) is 0. The molecule has 1 nitrogen and oxygen atoms in total. The van der Waals surface area contributed by atoms with Crippen LogP contribution in [0.1, 0.15) is 58.6 Å². The zero-order valence-corrected chi connectivity index (χ0v) is 14.1. The molecule has 2 unspecified atom stereocenters. The van der Waals surface area contributed by atoms with Crippen molar-refractivity contribution in [3.8, 4) is 0 Å². The number of nitrogens with one attached hydrogen (secondary N) is 1. The molecule has 2 heteroatoms. The molecule has 1 aromatic rings. The van der Waals surface area contributed by atoms with Gasteiger partial charge in [0.25, 0.3) is 0 Å². The van der Waals surface area contributed by atoms with Crippen molar-refractivity contribution in [1.82, 2.24) is 5.32 Å². The highest BCUT2D eigenvalue weighted by atomic mass is 79.9. The maximum absolute atomic E-state index is 3.83. The van der Waals surface area contributed by atoms with Gasteiger partial charge < -0.3 is 5.32 Å². The zero-order valence-electron chi connectivity index (χ0n) is 12.5. The van der Waals surface area contributed by atoms with Gasteiger partial charge in [0.1, 0.15) is 0 Å². The van der Waals surface area contributed by atoms with Crippen molar-refractivity contribution < 1.29 is 0 Å². The summed E-state index contributed by atoms with van der Waals surface area (Å²) >= 11 is 3.55. The van der Waals surface area contributed by atoms with E-state index < -0.39 is 0 Å². The van der Waals surface area contributed by atoms with E-state index in [1.807, 2.05) is 0 Å². The Morgan fingerprint density at radius 2 is 2.11 bits per heavy atom. The number of halogens is 1. The monoisotopic (exact) mass is 323 g/mol. The summed E-state index contributed by atoms with van der Waals surface area (Å²) in [4.78, 5) is 0. The van der Waals surface area contributed by atoms with Gasteiger partial charge in [0.15, 0.2) is 0 Å². The van der Waals surface area contributed by atoms with E-state index in [9.17, 15) is 0 Å². The van der Waals surface area contributed by atoms with Gasteiger partial charge in [-0.25, -0.2) is 0 Å². The molecule has 1 aliphatic carbocycles. The second kappa shape index (κ2) is 5.97. The van der Waals surface area contributed by atoms with Gasteiger partial charge in [-0.15, -0.1) is 0 Å². The van der Waals surface area contributed by atoms with Crippen molar-refractivity contribution in [1.29, 1.82) is 0 Å². The first kappa shape index (κ1) is 15.1. The van der Waals surface area contributed by atoms with Crippen LogP contribution in [-0.2, 0) is 0 Å². The van der Waals surface area contributed by atoms with Crippen LogP contribution in [0.5, 0.6) is 0 Å². The van der Waals surface area contributed by atoms with Crippen molar-refractivity contribution in [2.75, 3.05) is 0 Å². The summed E-state index contributed by atoms with van der Waals surface area (Å²) < 4.78 is 1.16. The first-order valence-electron chi connectivity index (χ1n) is 7.39. The zero-order chi connectivity index (χ0) is 14.0. The first-order valence-corrected chi connectivity index (χ1v) is 8.18. The minimum Gasteiger partial charge on any atom is -0.307 e. The fraction of sp³-hybridized carbons (Fsp3) is 0.647. The standard InChI is InChI=1S/C17H26BrN/c1-12-11-17(3,4)9-8-16(12)19-13(2)14-6-5-7-15(18)10-14/h5-7,10,12-13,16,19H,8-9,11H2,1-4H3/t12?,13-,16?/m0/s1. The minimum absolute atomic E-state index is 0.422. The van der Waals surface area contributed by atoms with Crippen LogP contribution in [0.15, 0.2) is 28.7 Å². The van der Waals surface area contributed by atoms with E-state index in [0.29, 0.717) is 17.5 Å². The van der Waals surface area contributed by atoms with Crippen LogP contribution in [0.4, 0.5) is 0 Å². The Bertz CT molecular complexity index is 427. The molecule has 1 aliphatic rings. The van der Waals surface area contributed by atoms with Crippen LogP contribution in [0.2, 0.25) is 0 Å². The molecule has 0 aliphatic heterocycles. The lowest BCUT2D eigenvalue weighted by Crippen LogP contribution is -2.42. The van der Waals surface area contributed by atoms with Crippen molar-refractivity contribution in [3.05, 3.63) is 34.3 Å². The lowest BCUT2D eigenvalue weighted by Gasteiger charge is -2.40. The van der Waals surface area contributed by atoms with E-state index in [2.05, 4.69) is 73.2 Å². The molecular formula is C17H26BrN. The highest BCUT2D eigenvalue weighted by molar-refractivity contribution is 9.10. The van der Waals surface area contributed by atoms with Gasteiger partial charge in [0.2, 0.25) is 0 Å². The molecule has 19 heavy (non-hydrogen) atoms. The maximum Gasteiger partial charge on any atom is 0.0294 e. The molecule has 3 atom stereocenters. The summed E-state index contributed by atoms with van der Waals surface area (Å²) in [6.07, 6.45) is 3.96. The average molecular weight is 324 g/mol. The Balaban J connectivity index is 1.98. The van der Waals surface area contributed by atoms with Gasteiger partial charge in [0, 0.05) is 16.6 Å². The van der Waals surface area contributed by atoms with Crippen LogP contribution < -0.4 is 5.32 Å². The van der Waals surface area contributed by atoms with Gasteiger partial charge in [-0.3, -0.25) is 0 Å². The average Bonchev–Trinajstić information content (AvgIpc) is 2.32. The molecule has 0 spiro atoms. The fourth-order valence-electron chi connectivity index (χ4n) is 3.39. The SMILES string of the molecule is CC1CC(C)(C)CCC1N[C@@H](C)c1cccc(Br)c1. The van der Waals surface area contributed by atoms with Crippen LogP contribution >= 0.6 is 15.9 Å².